The summed E-state index contributed by atoms with van der Waals surface area (Å²) in [6.07, 6.45) is 4.92. The smallest absolute Gasteiger partial charge is 0.260 e. The van der Waals surface area contributed by atoms with E-state index in [1.807, 2.05) is 18.2 Å². The molecule has 0 spiro atoms. The third kappa shape index (κ3) is 2.09. The second-order valence-electron chi connectivity index (χ2n) is 3.60. The van der Waals surface area contributed by atoms with Crippen LogP contribution in [0.3, 0.4) is 0 Å². The van der Waals surface area contributed by atoms with E-state index in [1.54, 1.807) is 18.7 Å². The molecule has 6 heteroatoms. The SMILES string of the molecule is Nc1ccc(Sc2ncco2)c2ncc(Br)cc12. The van der Waals surface area contributed by atoms with Gasteiger partial charge in [0.2, 0.25) is 0 Å². The third-order valence-corrected chi connectivity index (χ3v) is 3.78. The van der Waals surface area contributed by atoms with Crippen molar-refractivity contribution in [3.63, 3.8) is 0 Å². The lowest BCUT2D eigenvalue weighted by atomic mass is 10.2. The fraction of sp³-hybridized carbons (Fsp3) is 0. The number of oxazole rings is 1. The van der Waals surface area contributed by atoms with Gasteiger partial charge in [-0.15, -0.1) is 0 Å². The second-order valence-corrected chi connectivity index (χ2v) is 5.51. The topological polar surface area (TPSA) is 64.9 Å². The van der Waals surface area contributed by atoms with Crippen molar-refractivity contribution in [3.8, 4) is 0 Å². The summed E-state index contributed by atoms with van der Waals surface area (Å²) in [4.78, 5) is 9.46. The van der Waals surface area contributed by atoms with Gasteiger partial charge in [-0.3, -0.25) is 4.98 Å². The minimum Gasteiger partial charge on any atom is -0.440 e. The monoisotopic (exact) mass is 321 g/mol. The number of rotatable bonds is 2. The molecule has 90 valence electrons. The fourth-order valence-electron chi connectivity index (χ4n) is 1.63. The number of nitrogen functional groups attached to an aromatic ring is 1. The second kappa shape index (κ2) is 4.62. The van der Waals surface area contributed by atoms with E-state index >= 15 is 0 Å². The number of halogens is 1. The van der Waals surface area contributed by atoms with Gasteiger partial charge in [0.25, 0.3) is 5.22 Å². The van der Waals surface area contributed by atoms with Crippen LogP contribution in [0.5, 0.6) is 0 Å². The van der Waals surface area contributed by atoms with E-state index in [-0.39, 0.29) is 0 Å². The number of benzene rings is 1. The Morgan fingerprint density at radius 3 is 2.94 bits per heavy atom. The summed E-state index contributed by atoms with van der Waals surface area (Å²) >= 11 is 4.82. The Labute approximate surface area is 116 Å². The van der Waals surface area contributed by atoms with Gasteiger partial charge in [0, 0.05) is 26.6 Å². The van der Waals surface area contributed by atoms with Crippen molar-refractivity contribution in [2.75, 3.05) is 5.73 Å². The van der Waals surface area contributed by atoms with Crippen LogP contribution in [-0.4, -0.2) is 9.97 Å². The van der Waals surface area contributed by atoms with Gasteiger partial charge < -0.3 is 10.2 Å². The summed E-state index contributed by atoms with van der Waals surface area (Å²) in [5.74, 6) is 0. The summed E-state index contributed by atoms with van der Waals surface area (Å²) in [6.45, 7) is 0. The third-order valence-electron chi connectivity index (χ3n) is 2.42. The number of nitrogens with two attached hydrogens (primary N) is 1. The molecular weight excluding hydrogens is 314 g/mol. The van der Waals surface area contributed by atoms with Crippen molar-refractivity contribution in [2.24, 2.45) is 0 Å². The van der Waals surface area contributed by atoms with E-state index in [9.17, 15) is 0 Å². The van der Waals surface area contributed by atoms with Crippen LogP contribution < -0.4 is 5.73 Å². The van der Waals surface area contributed by atoms with Gasteiger partial charge in [-0.1, -0.05) is 0 Å². The summed E-state index contributed by atoms with van der Waals surface area (Å²) < 4.78 is 6.13. The summed E-state index contributed by atoms with van der Waals surface area (Å²) in [6, 6.07) is 5.74. The lowest BCUT2D eigenvalue weighted by Crippen LogP contribution is -1.90. The maximum absolute atomic E-state index is 5.96. The molecule has 0 fully saturated rings. The van der Waals surface area contributed by atoms with E-state index in [2.05, 4.69) is 25.9 Å². The molecule has 0 amide bonds. The van der Waals surface area contributed by atoms with Gasteiger partial charge in [-0.2, -0.15) is 0 Å². The van der Waals surface area contributed by atoms with Crippen molar-refractivity contribution in [3.05, 3.63) is 41.3 Å². The minimum absolute atomic E-state index is 0.589. The Bertz CT molecular complexity index is 700. The zero-order valence-electron chi connectivity index (χ0n) is 9.13. The first-order valence-corrected chi connectivity index (χ1v) is 6.76. The fourth-order valence-corrected chi connectivity index (χ4v) is 2.76. The molecule has 0 atom stereocenters. The lowest BCUT2D eigenvalue weighted by Gasteiger charge is -2.06. The summed E-state index contributed by atoms with van der Waals surface area (Å²) in [7, 11) is 0. The van der Waals surface area contributed by atoms with Gasteiger partial charge >= 0.3 is 0 Å². The Kier molecular flexibility index (Phi) is 2.97. The molecule has 3 rings (SSSR count). The minimum atomic E-state index is 0.589. The average Bonchev–Trinajstić information content (AvgIpc) is 2.86. The number of nitrogens with zero attached hydrogens (tertiary/aromatic N) is 2. The molecule has 4 nitrogen and oxygen atoms in total. The molecule has 0 saturated heterocycles. The molecule has 18 heavy (non-hydrogen) atoms. The first-order valence-electron chi connectivity index (χ1n) is 5.15. The highest BCUT2D eigenvalue weighted by atomic mass is 79.9. The van der Waals surface area contributed by atoms with Gasteiger partial charge in [0.15, 0.2) is 0 Å². The van der Waals surface area contributed by atoms with E-state index in [4.69, 9.17) is 10.2 Å². The predicted octanol–water partition coefficient (Wildman–Crippen LogP) is 3.72. The van der Waals surface area contributed by atoms with Crippen molar-refractivity contribution in [1.82, 2.24) is 9.97 Å². The number of aromatic nitrogens is 2. The van der Waals surface area contributed by atoms with Crippen molar-refractivity contribution in [2.45, 2.75) is 10.1 Å². The number of fused-ring (bicyclic) bond motifs is 1. The zero-order chi connectivity index (χ0) is 12.5. The van der Waals surface area contributed by atoms with Crippen LogP contribution in [0.2, 0.25) is 0 Å². The van der Waals surface area contributed by atoms with Crippen LogP contribution in [0.1, 0.15) is 0 Å². The number of hydrogen-bond acceptors (Lipinski definition) is 5. The molecule has 0 aliphatic carbocycles. The largest absolute Gasteiger partial charge is 0.440 e. The zero-order valence-corrected chi connectivity index (χ0v) is 11.5. The molecule has 0 saturated carbocycles. The number of anilines is 1. The summed E-state index contributed by atoms with van der Waals surface area (Å²) in [5.41, 5.74) is 7.51. The van der Waals surface area contributed by atoms with E-state index in [0.717, 1.165) is 20.3 Å². The molecule has 1 aromatic carbocycles. The Hall–Kier alpha value is -1.53. The highest BCUT2D eigenvalue weighted by molar-refractivity contribution is 9.10. The molecule has 2 N–H and O–H groups in total. The van der Waals surface area contributed by atoms with Gasteiger partial charge in [-0.25, -0.2) is 4.98 Å². The van der Waals surface area contributed by atoms with Crippen LogP contribution in [0.15, 0.2) is 55.9 Å². The Balaban J connectivity index is 2.15. The van der Waals surface area contributed by atoms with Crippen molar-refractivity contribution in [1.29, 1.82) is 0 Å². The molecule has 2 aromatic heterocycles. The van der Waals surface area contributed by atoms with E-state index in [0.29, 0.717) is 10.9 Å². The molecule has 0 bridgehead atoms. The van der Waals surface area contributed by atoms with E-state index < -0.39 is 0 Å². The lowest BCUT2D eigenvalue weighted by molar-refractivity contribution is 0.454. The standard InChI is InChI=1S/C12H8BrN3OS/c13-7-5-8-9(14)1-2-10(11(8)16-6-7)18-12-15-3-4-17-12/h1-6H,14H2. The quantitative estimate of drug-likeness (QED) is 0.729. The highest BCUT2D eigenvalue weighted by Crippen LogP contribution is 2.34. The van der Waals surface area contributed by atoms with Gasteiger partial charge in [-0.05, 0) is 45.9 Å². The highest BCUT2D eigenvalue weighted by Gasteiger charge is 2.09. The molecule has 2 heterocycles. The van der Waals surface area contributed by atoms with Crippen LogP contribution in [0.4, 0.5) is 5.69 Å². The molecule has 0 radical (unpaired) electrons. The number of pyridine rings is 1. The van der Waals surface area contributed by atoms with Crippen molar-refractivity contribution >= 4 is 44.3 Å². The Morgan fingerprint density at radius 1 is 1.28 bits per heavy atom. The van der Waals surface area contributed by atoms with Crippen LogP contribution >= 0.6 is 27.7 Å². The van der Waals surface area contributed by atoms with Crippen molar-refractivity contribution < 1.29 is 4.42 Å². The maximum Gasteiger partial charge on any atom is 0.260 e. The average molecular weight is 322 g/mol. The molecule has 0 aliphatic heterocycles. The summed E-state index contributed by atoms with van der Waals surface area (Å²) in [5, 5.41) is 1.51. The molecule has 0 unspecified atom stereocenters. The molecule has 0 aliphatic rings. The first-order chi connectivity index (χ1) is 8.74. The molecule has 3 aromatic rings. The van der Waals surface area contributed by atoms with Gasteiger partial charge in [0.05, 0.1) is 11.7 Å². The van der Waals surface area contributed by atoms with E-state index in [1.165, 1.54) is 11.8 Å². The van der Waals surface area contributed by atoms with Gasteiger partial charge in [0.1, 0.15) is 6.26 Å². The Morgan fingerprint density at radius 2 is 2.17 bits per heavy atom. The van der Waals surface area contributed by atoms with Crippen LogP contribution in [0, 0.1) is 0 Å². The molecular formula is C12H8BrN3OS. The first kappa shape index (κ1) is 11.6. The predicted molar refractivity (Wildman–Crippen MR) is 74.5 cm³/mol. The van der Waals surface area contributed by atoms with Crippen LogP contribution in [0.25, 0.3) is 10.9 Å². The van der Waals surface area contributed by atoms with Crippen LogP contribution in [-0.2, 0) is 0 Å². The maximum atomic E-state index is 5.96. The number of hydrogen-bond donors (Lipinski definition) is 1. The normalized spacial score (nSPS) is 10.9.